The lowest BCUT2D eigenvalue weighted by Crippen LogP contribution is -1.95. The minimum atomic E-state index is -0.526. The van der Waals surface area contributed by atoms with Crippen LogP contribution in [0.15, 0.2) is 48.7 Å². The third-order valence-electron chi connectivity index (χ3n) is 3.03. The van der Waals surface area contributed by atoms with Crippen LogP contribution in [0.1, 0.15) is 0 Å². The molecular weight excluding hydrogens is 276 g/mol. The Hall–Kier alpha value is -3.29. The van der Waals surface area contributed by atoms with Crippen molar-refractivity contribution in [3.8, 4) is 11.3 Å². The molecule has 0 N–H and O–H groups in total. The molecule has 0 bridgehead atoms. The molecule has 3 aromatic rings. The molecule has 3 rings (SSSR count). The van der Waals surface area contributed by atoms with E-state index >= 15 is 0 Å². The Bertz CT molecular complexity index is 854. The third-order valence-corrected chi connectivity index (χ3v) is 3.03. The summed E-state index contributed by atoms with van der Waals surface area (Å²) in [5.41, 5.74) is 1.000. The predicted octanol–water partition coefficient (Wildman–Crippen LogP) is 2.82. The average Bonchev–Trinajstić information content (AvgIpc) is 2.86. The number of pyridine rings is 1. The molecule has 2 aromatic heterocycles. The quantitative estimate of drug-likeness (QED) is 0.543. The third kappa shape index (κ3) is 2.08. The number of fused-ring (bicyclic) bond motifs is 1. The maximum absolute atomic E-state index is 11.3. The van der Waals surface area contributed by atoms with Crippen LogP contribution in [0.3, 0.4) is 0 Å². The Morgan fingerprint density at radius 1 is 0.952 bits per heavy atom. The first-order valence-corrected chi connectivity index (χ1v) is 5.94. The number of imidazole rings is 1. The van der Waals surface area contributed by atoms with Gasteiger partial charge in [-0.05, 0) is 23.1 Å². The van der Waals surface area contributed by atoms with Crippen molar-refractivity contribution >= 4 is 17.2 Å². The van der Waals surface area contributed by atoms with E-state index in [9.17, 15) is 20.2 Å². The van der Waals surface area contributed by atoms with E-state index in [1.807, 2.05) is 0 Å². The Labute approximate surface area is 117 Å². The lowest BCUT2D eigenvalue weighted by atomic mass is 10.1. The van der Waals surface area contributed by atoms with Gasteiger partial charge in [-0.25, -0.2) is 0 Å². The minimum absolute atomic E-state index is 0.0785. The van der Waals surface area contributed by atoms with Crippen LogP contribution in [-0.2, 0) is 0 Å². The van der Waals surface area contributed by atoms with E-state index in [4.69, 9.17) is 0 Å². The number of rotatable bonds is 3. The lowest BCUT2D eigenvalue weighted by molar-refractivity contribution is -0.389. The molecular formula is C13H8N4O4. The van der Waals surface area contributed by atoms with Crippen molar-refractivity contribution in [3.05, 3.63) is 68.9 Å². The lowest BCUT2D eigenvalue weighted by Gasteiger charge is -1.98. The number of non-ortho nitro benzene ring substituents is 1. The van der Waals surface area contributed by atoms with Crippen molar-refractivity contribution in [3.63, 3.8) is 0 Å². The maximum atomic E-state index is 11.3. The smallest absolute Gasteiger partial charge is 0.355 e. The number of nitrogens with zero attached hydrogens (tertiary/aromatic N) is 4. The van der Waals surface area contributed by atoms with E-state index < -0.39 is 9.85 Å². The molecule has 0 radical (unpaired) electrons. The first-order valence-electron chi connectivity index (χ1n) is 5.94. The number of benzene rings is 1. The molecule has 2 heterocycles. The first-order chi connectivity index (χ1) is 10.1. The van der Waals surface area contributed by atoms with Crippen molar-refractivity contribution in [2.45, 2.75) is 0 Å². The zero-order valence-electron chi connectivity index (χ0n) is 10.5. The summed E-state index contributed by atoms with van der Waals surface area (Å²) in [5, 5.41) is 21.9. The fraction of sp³-hybridized carbons (Fsp3) is 0. The molecule has 0 fully saturated rings. The number of aromatic nitrogens is 2. The second-order valence-corrected chi connectivity index (χ2v) is 4.27. The van der Waals surface area contributed by atoms with Gasteiger partial charge in [0.25, 0.3) is 5.69 Å². The number of hydrogen-bond acceptors (Lipinski definition) is 5. The van der Waals surface area contributed by atoms with Crippen molar-refractivity contribution in [2.24, 2.45) is 0 Å². The second-order valence-electron chi connectivity index (χ2n) is 4.27. The standard InChI is InChI=1S/C13H8N4O4/c18-16(19)10-6-4-9(5-7-10)12-13(17(20)21)15-8-2-1-3-11(15)14-12/h1-8H. The number of nitro benzene ring substituents is 1. The molecule has 0 saturated carbocycles. The fourth-order valence-electron chi connectivity index (χ4n) is 2.09. The summed E-state index contributed by atoms with van der Waals surface area (Å²) in [6.07, 6.45) is 1.55. The zero-order valence-corrected chi connectivity index (χ0v) is 10.5. The van der Waals surface area contributed by atoms with Gasteiger partial charge in [-0.3, -0.25) is 10.1 Å². The maximum Gasteiger partial charge on any atom is 0.355 e. The largest absolute Gasteiger partial charge is 0.358 e. The van der Waals surface area contributed by atoms with Crippen molar-refractivity contribution < 1.29 is 9.85 Å². The highest BCUT2D eigenvalue weighted by Crippen LogP contribution is 2.31. The highest BCUT2D eigenvalue weighted by atomic mass is 16.6. The van der Waals surface area contributed by atoms with Crippen LogP contribution in [0, 0.1) is 20.2 Å². The zero-order chi connectivity index (χ0) is 15.0. The molecule has 0 spiro atoms. The van der Waals surface area contributed by atoms with Crippen molar-refractivity contribution in [2.75, 3.05) is 0 Å². The van der Waals surface area contributed by atoms with Gasteiger partial charge in [0, 0.05) is 23.8 Å². The van der Waals surface area contributed by atoms with Gasteiger partial charge in [-0.1, -0.05) is 6.07 Å². The normalized spacial score (nSPS) is 10.7. The molecule has 0 aliphatic heterocycles. The van der Waals surface area contributed by atoms with Crippen LogP contribution >= 0.6 is 0 Å². The Kier molecular flexibility index (Phi) is 2.83. The van der Waals surface area contributed by atoms with Gasteiger partial charge >= 0.3 is 5.82 Å². The van der Waals surface area contributed by atoms with E-state index in [0.29, 0.717) is 11.2 Å². The molecule has 104 valence electrons. The summed E-state index contributed by atoms with van der Waals surface area (Å²) < 4.78 is 1.37. The fourth-order valence-corrected chi connectivity index (χ4v) is 2.09. The van der Waals surface area contributed by atoms with E-state index in [1.54, 1.807) is 24.4 Å². The molecule has 21 heavy (non-hydrogen) atoms. The SMILES string of the molecule is O=[N+]([O-])c1ccc(-c2nc3ccccn3c2[N+](=O)[O-])cc1. The highest BCUT2D eigenvalue weighted by Gasteiger charge is 2.23. The van der Waals surface area contributed by atoms with Gasteiger partial charge in [0.2, 0.25) is 5.65 Å². The van der Waals surface area contributed by atoms with E-state index in [2.05, 4.69) is 4.98 Å². The molecule has 0 aliphatic rings. The molecule has 8 heteroatoms. The summed E-state index contributed by atoms with van der Waals surface area (Å²) in [7, 11) is 0. The first kappa shape index (κ1) is 12.7. The number of nitro groups is 2. The summed E-state index contributed by atoms with van der Waals surface area (Å²) >= 11 is 0. The summed E-state index contributed by atoms with van der Waals surface area (Å²) in [4.78, 5) is 25.1. The molecule has 1 aromatic carbocycles. The van der Waals surface area contributed by atoms with Gasteiger partial charge in [0.1, 0.15) is 0 Å². The number of hydrogen-bond donors (Lipinski definition) is 0. The summed E-state index contributed by atoms with van der Waals surface area (Å²) in [6, 6.07) is 10.5. The molecule has 0 amide bonds. The van der Waals surface area contributed by atoms with Gasteiger partial charge in [0.05, 0.1) is 11.1 Å². The molecule has 0 saturated heterocycles. The minimum Gasteiger partial charge on any atom is -0.358 e. The average molecular weight is 284 g/mol. The predicted molar refractivity (Wildman–Crippen MR) is 73.9 cm³/mol. The Morgan fingerprint density at radius 2 is 1.67 bits per heavy atom. The van der Waals surface area contributed by atoms with Crippen LogP contribution in [0.25, 0.3) is 16.9 Å². The summed E-state index contributed by atoms with van der Waals surface area (Å²) in [6.45, 7) is 0. The van der Waals surface area contributed by atoms with Gasteiger partial charge in [0.15, 0.2) is 5.69 Å². The monoisotopic (exact) mass is 284 g/mol. The molecule has 8 nitrogen and oxygen atoms in total. The van der Waals surface area contributed by atoms with Crippen LogP contribution in [0.2, 0.25) is 0 Å². The molecule has 0 aliphatic carbocycles. The van der Waals surface area contributed by atoms with Gasteiger partial charge in [-0.2, -0.15) is 9.38 Å². The van der Waals surface area contributed by atoms with Crippen LogP contribution in [-0.4, -0.2) is 19.2 Å². The van der Waals surface area contributed by atoms with E-state index in [-0.39, 0.29) is 17.2 Å². The van der Waals surface area contributed by atoms with Crippen molar-refractivity contribution in [1.82, 2.24) is 9.38 Å². The summed E-state index contributed by atoms with van der Waals surface area (Å²) in [5.74, 6) is -0.167. The Balaban J connectivity index is 2.22. The van der Waals surface area contributed by atoms with Crippen molar-refractivity contribution in [1.29, 1.82) is 0 Å². The highest BCUT2D eigenvalue weighted by molar-refractivity contribution is 5.72. The van der Waals surface area contributed by atoms with E-state index in [0.717, 1.165) is 0 Å². The second kappa shape index (κ2) is 4.67. The van der Waals surface area contributed by atoms with E-state index in [1.165, 1.54) is 28.7 Å². The van der Waals surface area contributed by atoms with Gasteiger partial charge in [-0.15, -0.1) is 0 Å². The van der Waals surface area contributed by atoms with Crippen LogP contribution < -0.4 is 0 Å². The topological polar surface area (TPSA) is 104 Å². The van der Waals surface area contributed by atoms with Crippen LogP contribution in [0.4, 0.5) is 11.5 Å². The molecule has 0 atom stereocenters. The van der Waals surface area contributed by atoms with Crippen LogP contribution in [0.5, 0.6) is 0 Å². The Morgan fingerprint density at radius 3 is 2.29 bits per heavy atom. The van der Waals surface area contributed by atoms with Gasteiger partial charge < -0.3 is 10.1 Å². The molecule has 0 unspecified atom stereocenters.